The number of rotatable bonds is 6. The molecule has 1 unspecified atom stereocenters. The van der Waals surface area contributed by atoms with Crippen LogP contribution in [0.5, 0.6) is 5.75 Å². The Bertz CT molecular complexity index is 1070. The van der Waals surface area contributed by atoms with Crippen LogP contribution in [0.4, 0.5) is 5.69 Å². The van der Waals surface area contributed by atoms with Gasteiger partial charge in [-0.2, -0.15) is 0 Å². The quantitative estimate of drug-likeness (QED) is 0.581. The first kappa shape index (κ1) is 19.5. The van der Waals surface area contributed by atoms with Crippen molar-refractivity contribution in [1.29, 1.82) is 0 Å². The van der Waals surface area contributed by atoms with Gasteiger partial charge < -0.3 is 9.84 Å². The van der Waals surface area contributed by atoms with Gasteiger partial charge in [0.15, 0.2) is 5.76 Å². The number of para-hydroxylation sites is 1. The molecule has 0 saturated carbocycles. The Balaban J connectivity index is 1.71. The average molecular weight is 397 g/mol. The standard InChI is InChI=1S/C26H23NO3/c1-30-22-17-15-20(16-18-22)24-23(14-8-11-19-9-4-2-5-10-19)25(28)26(29)27(24)21-12-6-3-7-13-21/h2-13,15-18,24,28H,14H2,1H3/b11-8+. The predicted molar refractivity (Wildman–Crippen MR) is 119 cm³/mol. The van der Waals surface area contributed by atoms with Gasteiger partial charge in [-0.3, -0.25) is 9.69 Å². The first-order chi connectivity index (χ1) is 14.7. The van der Waals surface area contributed by atoms with E-state index in [0.717, 1.165) is 22.6 Å². The van der Waals surface area contributed by atoms with Crippen LogP contribution in [0.15, 0.2) is 102 Å². The van der Waals surface area contributed by atoms with Crippen molar-refractivity contribution in [2.75, 3.05) is 12.0 Å². The fourth-order valence-corrected chi connectivity index (χ4v) is 3.74. The van der Waals surface area contributed by atoms with Gasteiger partial charge >= 0.3 is 0 Å². The number of carbonyl (C=O) groups excluding carboxylic acids is 1. The highest BCUT2D eigenvalue weighted by atomic mass is 16.5. The number of aliphatic hydroxyl groups excluding tert-OH is 1. The molecule has 1 aliphatic rings. The summed E-state index contributed by atoms with van der Waals surface area (Å²) >= 11 is 0. The fourth-order valence-electron chi connectivity index (χ4n) is 3.74. The summed E-state index contributed by atoms with van der Waals surface area (Å²) in [5, 5.41) is 10.7. The lowest BCUT2D eigenvalue weighted by Gasteiger charge is -2.27. The number of anilines is 1. The summed E-state index contributed by atoms with van der Waals surface area (Å²) in [6.45, 7) is 0. The molecule has 150 valence electrons. The van der Waals surface area contributed by atoms with Crippen molar-refractivity contribution in [3.63, 3.8) is 0 Å². The molecule has 0 saturated heterocycles. The molecule has 0 fully saturated rings. The number of amides is 1. The number of carbonyl (C=O) groups is 1. The summed E-state index contributed by atoms with van der Waals surface area (Å²) in [6.07, 6.45) is 4.45. The van der Waals surface area contributed by atoms with Crippen LogP contribution in [-0.4, -0.2) is 18.1 Å². The van der Waals surface area contributed by atoms with E-state index in [4.69, 9.17) is 4.74 Å². The van der Waals surface area contributed by atoms with E-state index in [2.05, 4.69) is 0 Å². The molecule has 1 atom stereocenters. The molecular weight excluding hydrogens is 374 g/mol. The summed E-state index contributed by atoms with van der Waals surface area (Å²) in [6, 6.07) is 26.6. The van der Waals surface area contributed by atoms with Gasteiger partial charge in [-0.15, -0.1) is 0 Å². The van der Waals surface area contributed by atoms with E-state index >= 15 is 0 Å². The molecular formula is C26H23NO3. The van der Waals surface area contributed by atoms with Crippen LogP contribution in [0.3, 0.4) is 0 Å². The van der Waals surface area contributed by atoms with E-state index in [1.807, 2.05) is 97.1 Å². The number of aliphatic hydroxyl groups is 1. The third kappa shape index (κ3) is 3.85. The summed E-state index contributed by atoms with van der Waals surface area (Å²) in [5.74, 6) is 0.176. The maximum Gasteiger partial charge on any atom is 0.293 e. The lowest BCUT2D eigenvalue weighted by Crippen LogP contribution is -2.30. The zero-order valence-corrected chi connectivity index (χ0v) is 16.7. The van der Waals surface area contributed by atoms with Gasteiger partial charge in [0, 0.05) is 11.3 Å². The third-order valence-corrected chi connectivity index (χ3v) is 5.23. The third-order valence-electron chi connectivity index (χ3n) is 5.23. The van der Waals surface area contributed by atoms with E-state index in [1.54, 1.807) is 12.0 Å². The Kier molecular flexibility index (Phi) is 5.66. The summed E-state index contributed by atoms with van der Waals surface area (Å²) in [4.78, 5) is 14.7. The predicted octanol–water partition coefficient (Wildman–Crippen LogP) is 5.70. The van der Waals surface area contributed by atoms with Crippen molar-refractivity contribution in [3.8, 4) is 5.75 Å². The Morgan fingerprint density at radius 1 is 0.933 bits per heavy atom. The topological polar surface area (TPSA) is 49.8 Å². The fraction of sp³-hybridized carbons (Fsp3) is 0.115. The maximum atomic E-state index is 13.0. The van der Waals surface area contributed by atoms with Crippen LogP contribution in [0, 0.1) is 0 Å². The zero-order chi connectivity index (χ0) is 20.9. The molecule has 4 rings (SSSR count). The Morgan fingerprint density at radius 2 is 1.57 bits per heavy atom. The Labute approximate surface area is 176 Å². The molecule has 0 spiro atoms. The first-order valence-electron chi connectivity index (χ1n) is 9.85. The van der Waals surface area contributed by atoms with Gasteiger partial charge in [0.1, 0.15) is 5.75 Å². The van der Waals surface area contributed by atoms with Gasteiger partial charge in [0.2, 0.25) is 0 Å². The first-order valence-corrected chi connectivity index (χ1v) is 9.85. The number of hydrogen-bond acceptors (Lipinski definition) is 3. The normalized spacial score (nSPS) is 16.5. The molecule has 30 heavy (non-hydrogen) atoms. The van der Waals surface area contributed by atoms with Gasteiger partial charge in [-0.25, -0.2) is 0 Å². The van der Waals surface area contributed by atoms with Crippen molar-refractivity contribution < 1.29 is 14.6 Å². The van der Waals surface area contributed by atoms with E-state index < -0.39 is 0 Å². The van der Waals surface area contributed by atoms with Gasteiger partial charge in [-0.05, 0) is 41.8 Å². The highest BCUT2D eigenvalue weighted by Gasteiger charge is 2.40. The molecule has 4 heteroatoms. The lowest BCUT2D eigenvalue weighted by molar-refractivity contribution is -0.117. The molecule has 0 radical (unpaired) electrons. The van der Waals surface area contributed by atoms with Crippen LogP contribution in [0.2, 0.25) is 0 Å². The van der Waals surface area contributed by atoms with Gasteiger partial charge in [0.25, 0.3) is 5.91 Å². The number of hydrogen-bond donors (Lipinski definition) is 1. The smallest absolute Gasteiger partial charge is 0.293 e. The molecule has 1 N–H and O–H groups in total. The van der Waals surface area contributed by atoms with Crippen molar-refractivity contribution in [1.82, 2.24) is 0 Å². The molecule has 1 aliphatic heterocycles. The SMILES string of the molecule is COc1ccc(C2C(C/C=C/c3ccccc3)=C(O)C(=O)N2c2ccccc2)cc1. The molecule has 3 aromatic carbocycles. The molecule has 0 aromatic heterocycles. The minimum Gasteiger partial charge on any atom is -0.503 e. The van der Waals surface area contributed by atoms with Crippen LogP contribution < -0.4 is 9.64 Å². The molecule has 1 heterocycles. The summed E-state index contributed by atoms with van der Waals surface area (Å²) in [7, 11) is 1.62. The maximum absolute atomic E-state index is 13.0. The number of methoxy groups -OCH3 is 1. The van der Waals surface area contributed by atoms with E-state index in [0.29, 0.717) is 12.0 Å². The second kappa shape index (κ2) is 8.70. The molecule has 0 aliphatic carbocycles. The number of ether oxygens (including phenoxy) is 1. The largest absolute Gasteiger partial charge is 0.503 e. The minimum absolute atomic E-state index is 0.183. The zero-order valence-electron chi connectivity index (χ0n) is 16.7. The minimum atomic E-state index is -0.384. The van der Waals surface area contributed by atoms with E-state index in [-0.39, 0.29) is 17.7 Å². The van der Waals surface area contributed by atoms with Crippen molar-refractivity contribution in [2.45, 2.75) is 12.5 Å². The summed E-state index contributed by atoms with van der Waals surface area (Å²) < 4.78 is 5.27. The van der Waals surface area contributed by atoms with Crippen LogP contribution in [0.25, 0.3) is 6.08 Å². The molecule has 0 bridgehead atoms. The highest BCUT2D eigenvalue weighted by Crippen LogP contribution is 2.42. The summed E-state index contributed by atoms with van der Waals surface area (Å²) in [5.41, 5.74) is 3.42. The Hall–Kier alpha value is -3.79. The molecule has 4 nitrogen and oxygen atoms in total. The lowest BCUT2D eigenvalue weighted by atomic mass is 9.96. The number of nitrogens with zero attached hydrogens (tertiary/aromatic N) is 1. The number of allylic oxidation sites excluding steroid dienone is 1. The van der Waals surface area contributed by atoms with Crippen molar-refractivity contribution >= 4 is 17.7 Å². The molecule has 1 amide bonds. The van der Waals surface area contributed by atoms with E-state index in [9.17, 15) is 9.90 Å². The molecule has 3 aromatic rings. The monoisotopic (exact) mass is 397 g/mol. The van der Waals surface area contributed by atoms with Crippen molar-refractivity contribution in [3.05, 3.63) is 113 Å². The Morgan fingerprint density at radius 3 is 2.20 bits per heavy atom. The van der Waals surface area contributed by atoms with E-state index in [1.165, 1.54) is 0 Å². The van der Waals surface area contributed by atoms with Gasteiger partial charge in [-0.1, -0.05) is 72.8 Å². The number of benzene rings is 3. The average Bonchev–Trinajstić information content (AvgIpc) is 3.05. The second-order valence-corrected chi connectivity index (χ2v) is 7.08. The van der Waals surface area contributed by atoms with Gasteiger partial charge in [0.05, 0.1) is 13.2 Å². The van der Waals surface area contributed by atoms with Crippen LogP contribution in [0.1, 0.15) is 23.6 Å². The van der Waals surface area contributed by atoms with Crippen molar-refractivity contribution in [2.24, 2.45) is 0 Å². The highest BCUT2D eigenvalue weighted by molar-refractivity contribution is 6.08. The van der Waals surface area contributed by atoms with Crippen LogP contribution in [-0.2, 0) is 4.79 Å². The van der Waals surface area contributed by atoms with Crippen LogP contribution >= 0.6 is 0 Å². The second-order valence-electron chi connectivity index (χ2n) is 7.08.